The molecule has 0 radical (unpaired) electrons. The van der Waals surface area contributed by atoms with Gasteiger partial charge in [0.15, 0.2) is 23.3 Å². The summed E-state index contributed by atoms with van der Waals surface area (Å²) < 4.78 is 68.6. The number of anilines is 3. The van der Waals surface area contributed by atoms with Crippen LogP contribution in [0.1, 0.15) is 57.9 Å². The molecule has 2 aliphatic heterocycles. The second kappa shape index (κ2) is 10.9. The first-order valence-electron chi connectivity index (χ1n) is 12.3. The van der Waals surface area contributed by atoms with Crippen molar-refractivity contribution in [2.45, 2.75) is 64.5 Å². The Bertz CT molecular complexity index is 1200. The van der Waals surface area contributed by atoms with Crippen molar-refractivity contribution in [3.63, 3.8) is 0 Å². The standard InChI is InChI=1S/C25H28F5N5O2/c1-14-7-3-5-9-33(14)17-12-18(34-10-6-4-8-15(34)2)19(35(36)37)11-16(17)13-31-32-25-23(29)21(27)20(26)22(28)24(25)30/h11-15,32H,3-10H2,1-2H3/b31-13-/t14-,15+/m0/s1. The molecule has 12 heteroatoms. The summed E-state index contributed by atoms with van der Waals surface area (Å²) in [6.45, 7) is 5.43. The Balaban J connectivity index is 1.79. The maximum absolute atomic E-state index is 14.1. The van der Waals surface area contributed by atoms with Gasteiger partial charge in [0.25, 0.3) is 5.69 Å². The van der Waals surface area contributed by atoms with Crippen LogP contribution in [0.3, 0.4) is 0 Å². The molecule has 0 aromatic heterocycles. The van der Waals surface area contributed by atoms with Gasteiger partial charge in [-0.2, -0.15) is 5.10 Å². The topological polar surface area (TPSA) is 74.0 Å². The molecule has 37 heavy (non-hydrogen) atoms. The van der Waals surface area contributed by atoms with Crippen LogP contribution in [-0.2, 0) is 0 Å². The van der Waals surface area contributed by atoms with E-state index in [1.54, 1.807) is 6.07 Å². The van der Waals surface area contributed by atoms with Crippen molar-refractivity contribution in [1.29, 1.82) is 0 Å². The summed E-state index contributed by atoms with van der Waals surface area (Å²) >= 11 is 0. The number of hydrogen-bond donors (Lipinski definition) is 1. The van der Waals surface area contributed by atoms with Crippen LogP contribution < -0.4 is 15.2 Å². The minimum Gasteiger partial charge on any atom is -0.368 e. The van der Waals surface area contributed by atoms with Gasteiger partial charge in [0, 0.05) is 42.5 Å². The van der Waals surface area contributed by atoms with E-state index in [1.165, 1.54) is 6.07 Å². The van der Waals surface area contributed by atoms with Crippen molar-refractivity contribution in [3.05, 3.63) is 56.9 Å². The highest BCUT2D eigenvalue weighted by atomic mass is 19.2. The zero-order valence-corrected chi connectivity index (χ0v) is 20.5. The fourth-order valence-corrected chi connectivity index (χ4v) is 5.09. The molecular weight excluding hydrogens is 497 g/mol. The second-order valence-electron chi connectivity index (χ2n) is 9.55. The summed E-state index contributed by atoms with van der Waals surface area (Å²) in [5.74, 6) is -10.6. The highest BCUT2D eigenvalue weighted by Gasteiger charge is 2.30. The van der Waals surface area contributed by atoms with E-state index in [-0.39, 0.29) is 23.3 Å². The number of hydrogen-bond acceptors (Lipinski definition) is 6. The highest BCUT2D eigenvalue weighted by molar-refractivity contribution is 5.92. The molecule has 0 aliphatic carbocycles. The van der Waals surface area contributed by atoms with Crippen molar-refractivity contribution in [2.24, 2.45) is 5.10 Å². The normalized spacial score (nSPS) is 20.5. The molecule has 2 aromatic rings. The third kappa shape index (κ3) is 5.19. The van der Waals surface area contributed by atoms with Crippen molar-refractivity contribution in [1.82, 2.24) is 0 Å². The number of halogens is 5. The van der Waals surface area contributed by atoms with Crippen LogP contribution in [0, 0.1) is 39.2 Å². The monoisotopic (exact) mass is 525 g/mol. The number of nitro benzene ring substituents is 1. The number of nitrogens with one attached hydrogen (secondary N) is 1. The van der Waals surface area contributed by atoms with E-state index in [2.05, 4.69) is 10.0 Å². The summed E-state index contributed by atoms with van der Waals surface area (Å²) in [4.78, 5) is 15.7. The molecule has 2 saturated heterocycles. The quantitative estimate of drug-likeness (QED) is 0.117. The van der Waals surface area contributed by atoms with E-state index in [1.807, 2.05) is 24.2 Å². The van der Waals surface area contributed by atoms with Crippen molar-refractivity contribution in [3.8, 4) is 0 Å². The van der Waals surface area contributed by atoms with Crippen LogP contribution in [0.15, 0.2) is 17.2 Å². The number of nitrogens with zero attached hydrogens (tertiary/aromatic N) is 4. The van der Waals surface area contributed by atoms with Crippen molar-refractivity contribution >= 4 is 29.0 Å². The maximum Gasteiger partial charge on any atom is 0.293 e. The molecule has 4 rings (SSSR count). The van der Waals surface area contributed by atoms with Crippen LogP contribution in [0.5, 0.6) is 0 Å². The summed E-state index contributed by atoms with van der Waals surface area (Å²) in [6, 6.07) is 3.32. The van der Waals surface area contributed by atoms with Gasteiger partial charge < -0.3 is 9.80 Å². The van der Waals surface area contributed by atoms with Crippen LogP contribution in [0.4, 0.5) is 44.7 Å². The lowest BCUT2D eigenvalue weighted by atomic mass is 9.98. The lowest BCUT2D eigenvalue weighted by Gasteiger charge is -2.39. The number of piperidine rings is 2. The first-order chi connectivity index (χ1) is 17.6. The van der Waals surface area contributed by atoms with Gasteiger partial charge in [0.1, 0.15) is 11.4 Å². The largest absolute Gasteiger partial charge is 0.368 e. The lowest BCUT2D eigenvalue weighted by Crippen LogP contribution is -2.40. The molecule has 200 valence electrons. The predicted octanol–water partition coefficient (Wildman–Crippen LogP) is 6.49. The van der Waals surface area contributed by atoms with Gasteiger partial charge >= 0.3 is 0 Å². The molecule has 0 spiro atoms. The molecule has 2 atom stereocenters. The molecule has 7 nitrogen and oxygen atoms in total. The fraction of sp³-hybridized carbons (Fsp3) is 0.480. The Morgan fingerprint density at radius 3 is 1.89 bits per heavy atom. The number of nitro groups is 1. The second-order valence-corrected chi connectivity index (χ2v) is 9.55. The zero-order chi connectivity index (χ0) is 26.9. The molecule has 2 heterocycles. The van der Waals surface area contributed by atoms with Gasteiger partial charge in [0.05, 0.1) is 11.1 Å². The van der Waals surface area contributed by atoms with E-state index in [0.717, 1.165) is 44.7 Å². The first-order valence-corrected chi connectivity index (χ1v) is 12.3. The van der Waals surface area contributed by atoms with Crippen LogP contribution in [0.25, 0.3) is 0 Å². The van der Waals surface area contributed by atoms with E-state index < -0.39 is 39.7 Å². The van der Waals surface area contributed by atoms with Crippen LogP contribution in [-0.4, -0.2) is 36.3 Å². The van der Waals surface area contributed by atoms with Gasteiger partial charge in [-0.3, -0.25) is 15.5 Å². The Hall–Kier alpha value is -3.44. The van der Waals surface area contributed by atoms with Gasteiger partial charge in [-0.25, -0.2) is 22.0 Å². The molecule has 1 N–H and O–H groups in total. The smallest absolute Gasteiger partial charge is 0.293 e. The molecule has 2 aliphatic rings. The Labute approximate surface area is 211 Å². The highest BCUT2D eigenvalue weighted by Crippen LogP contribution is 2.40. The Morgan fingerprint density at radius 2 is 1.38 bits per heavy atom. The van der Waals surface area contributed by atoms with Crippen molar-refractivity contribution in [2.75, 3.05) is 28.3 Å². The van der Waals surface area contributed by atoms with E-state index >= 15 is 0 Å². The van der Waals surface area contributed by atoms with Gasteiger partial charge in [-0.1, -0.05) is 0 Å². The Morgan fingerprint density at radius 1 is 0.865 bits per heavy atom. The van der Waals surface area contributed by atoms with Crippen LogP contribution in [0.2, 0.25) is 0 Å². The molecule has 0 saturated carbocycles. The third-order valence-electron chi connectivity index (χ3n) is 7.14. The minimum absolute atomic E-state index is 0.106. The number of hydrazone groups is 1. The summed E-state index contributed by atoms with van der Waals surface area (Å²) in [5.41, 5.74) is 1.83. The fourth-order valence-electron chi connectivity index (χ4n) is 5.09. The predicted molar refractivity (Wildman–Crippen MR) is 132 cm³/mol. The van der Waals surface area contributed by atoms with E-state index in [4.69, 9.17) is 0 Å². The van der Waals surface area contributed by atoms with E-state index in [9.17, 15) is 32.1 Å². The molecular formula is C25H28F5N5O2. The molecule has 2 fully saturated rings. The van der Waals surface area contributed by atoms with Crippen molar-refractivity contribution < 1.29 is 26.9 Å². The minimum atomic E-state index is -2.27. The third-order valence-corrected chi connectivity index (χ3v) is 7.14. The molecule has 2 aromatic carbocycles. The van der Waals surface area contributed by atoms with E-state index in [0.29, 0.717) is 24.5 Å². The number of rotatable bonds is 6. The lowest BCUT2D eigenvalue weighted by molar-refractivity contribution is -0.384. The summed E-state index contributed by atoms with van der Waals surface area (Å²) in [6.07, 6.45) is 6.81. The number of benzene rings is 2. The van der Waals surface area contributed by atoms with Gasteiger partial charge in [-0.05, 0) is 58.4 Å². The SMILES string of the molecule is C[C@@H]1CCCCN1c1cc(N2CCCC[C@@H]2C)c(/C=N\Nc2c(F)c(F)c(F)c(F)c2F)cc1[N+](=O)[O-]. The van der Waals surface area contributed by atoms with Crippen LogP contribution >= 0.6 is 0 Å². The first kappa shape index (κ1) is 26.6. The maximum atomic E-state index is 14.1. The summed E-state index contributed by atoms with van der Waals surface area (Å²) in [5, 5.41) is 15.8. The zero-order valence-electron chi connectivity index (χ0n) is 20.5. The molecule has 0 bridgehead atoms. The summed E-state index contributed by atoms with van der Waals surface area (Å²) in [7, 11) is 0. The average Bonchev–Trinajstić information content (AvgIpc) is 2.88. The Kier molecular flexibility index (Phi) is 7.84. The van der Waals surface area contributed by atoms with Gasteiger partial charge in [-0.15, -0.1) is 0 Å². The molecule has 0 amide bonds. The van der Waals surface area contributed by atoms with Gasteiger partial charge in [0.2, 0.25) is 5.82 Å². The molecule has 0 unspecified atom stereocenters. The average molecular weight is 526 g/mol.